The first-order valence-electron chi connectivity index (χ1n) is 5.35. The van der Waals surface area contributed by atoms with Crippen molar-refractivity contribution in [3.05, 3.63) is 0 Å². The zero-order valence-corrected chi connectivity index (χ0v) is 9.48. The molecule has 0 spiro atoms. The zero-order valence-electron chi connectivity index (χ0n) is 9.48. The predicted octanol–water partition coefficient (Wildman–Crippen LogP) is 2.12. The van der Waals surface area contributed by atoms with E-state index in [1.54, 1.807) is 0 Å². The SMILES string of the molecule is CCCOCCCCN=NC(C)C(=O)O. The van der Waals surface area contributed by atoms with Crippen molar-refractivity contribution >= 4 is 5.97 Å². The summed E-state index contributed by atoms with van der Waals surface area (Å²) in [5, 5.41) is 15.9. The van der Waals surface area contributed by atoms with Crippen LogP contribution in [0.15, 0.2) is 10.2 Å². The lowest BCUT2D eigenvalue weighted by atomic mass is 10.3. The third-order valence-corrected chi connectivity index (χ3v) is 1.76. The number of rotatable bonds is 9. The second-order valence-corrected chi connectivity index (χ2v) is 3.31. The third-order valence-electron chi connectivity index (χ3n) is 1.76. The molecule has 5 heteroatoms. The molecule has 0 aromatic carbocycles. The molecule has 0 aromatic rings. The number of ether oxygens (including phenoxy) is 1. The Morgan fingerprint density at radius 2 is 2.13 bits per heavy atom. The molecular weight excluding hydrogens is 196 g/mol. The molecule has 1 unspecified atom stereocenters. The van der Waals surface area contributed by atoms with E-state index in [4.69, 9.17) is 9.84 Å². The maximum absolute atomic E-state index is 10.4. The number of carbonyl (C=O) groups is 1. The van der Waals surface area contributed by atoms with Gasteiger partial charge >= 0.3 is 5.97 Å². The number of azo groups is 1. The number of carboxylic acids is 1. The summed E-state index contributed by atoms with van der Waals surface area (Å²) in [7, 11) is 0. The van der Waals surface area contributed by atoms with Crippen LogP contribution < -0.4 is 0 Å². The fourth-order valence-corrected chi connectivity index (χ4v) is 0.863. The molecule has 1 N–H and O–H groups in total. The Labute approximate surface area is 90.5 Å². The van der Waals surface area contributed by atoms with Crippen LogP contribution >= 0.6 is 0 Å². The van der Waals surface area contributed by atoms with Crippen molar-refractivity contribution in [2.75, 3.05) is 19.8 Å². The van der Waals surface area contributed by atoms with Crippen LogP contribution in [-0.4, -0.2) is 36.9 Å². The van der Waals surface area contributed by atoms with Crippen molar-refractivity contribution in [3.8, 4) is 0 Å². The number of hydrogen-bond acceptors (Lipinski definition) is 4. The molecule has 0 aliphatic heterocycles. The Hall–Kier alpha value is -0.970. The Balaban J connectivity index is 3.27. The minimum atomic E-state index is -0.940. The molecule has 0 aliphatic rings. The van der Waals surface area contributed by atoms with Gasteiger partial charge < -0.3 is 9.84 Å². The monoisotopic (exact) mass is 216 g/mol. The minimum Gasteiger partial charge on any atom is -0.480 e. The number of nitrogens with zero attached hydrogens (tertiary/aromatic N) is 2. The molecular formula is C10H20N2O3. The molecule has 1 atom stereocenters. The first-order chi connectivity index (χ1) is 7.18. The fourth-order valence-electron chi connectivity index (χ4n) is 0.863. The van der Waals surface area contributed by atoms with Crippen molar-refractivity contribution in [2.24, 2.45) is 10.2 Å². The van der Waals surface area contributed by atoms with Crippen LogP contribution in [0, 0.1) is 0 Å². The first-order valence-corrected chi connectivity index (χ1v) is 5.35. The van der Waals surface area contributed by atoms with Gasteiger partial charge in [-0.25, -0.2) is 4.79 Å². The third kappa shape index (κ3) is 9.34. The van der Waals surface area contributed by atoms with E-state index in [9.17, 15) is 4.79 Å². The van der Waals surface area contributed by atoms with E-state index in [2.05, 4.69) is 17.2 Å². The molecule has 0 aliphatic carbocycles. The van der Waals surface area contributed by atoms with Crippen LogP contribution in [0.25, 0.3) is 0 Å². The fraction of sp³-hybridized carbons (Fsp3) is 0.900. The van der Waals surface area contributed by atoms with Crippen LogP contribution in [-0.2, 0) is 9.53 Å². The second kappa shape index (κ2) is 9.58. The number of hydrogen-bond donors (Lipinski definition) is 1. The Morgan fingerprint density at radius 1 is 1.40 bits per heavy atom. The van der Waals surface area contributed by atoms with Crippen LogP contribution in [0.5, 0.6) is 0 Å². The van der Waals surface area contributed by atoms with Crippen molar-refractivity contribution in [1.82, 2.24) is 0 Å². The van der Waals surface area contributed by atoms with E-state index in [1.807, 2.05) is 0 Å². The highest BCUT2D eigenvalue weighted by atomic mass is 16.5. The maximum atomic E-state index is 10.4. The van der Waals surface area contributed by atoms with Gasteiger partial charge in [0.15, 0.2) is 6.04 Å². The molecule has 88 valence electrons. The van der Waals surface area contributed by atoms with E-state index in [0.717, 1.165) is 32.5 Å². The van der Waals surface area contributed by atoms with Crippen molar-refractivity contribution < 1.29 is 14.6 Å². The Kier molecular flexibility index (Phi) is 8.96. The van der Waals surface area contributed by atoms with Gasteiger partial charge in [-0.3, -0.25) is 0 Å². The quantitative estimate of drug-likeness (QED) is 0.474. The Bertz CT molecular complexity index is 195. The summed E-state index contributed by atoms with van der Waals surface area (Å²) in [5.74, 6) is -0.940. The largest absolute Gasteiger partial charge is 0.480 e. The van der Waals surface area contributed by atoms with Gasteiger partial charge in [0, 0.05) is 13.2 Å². The standard InChI is InChI=1S/C10H20N2O3/c1-3-7-15-8-5-4-6-11-12-9(2)10(13)14/h9H,3-8H2,1-2H3,(H,13,14). The lowest BCUT2D eigenvalue weighted by Crippen LogP contribution is -2.12. The highest BCUT2D eigenvalue weighted by molar-refractivity contribution is 5.72. The summed E-state index contributed by atoms with van der Waals surface area (Å²) in [6.07, 6.45) is 2.87. The summed E-state index contributed by atoms with van der Waals surface area (Å²) in [5.41, 5.74) is 0. The highest BCUT2D eigenvalue weighted by Crippen LogP contribution is 1.95. The van der Waals surface area contributed by atoms with Gasteiger partial charge in [-0.15, -0.1) is 0 Å². The van der Waals surface area contributed by atoms with E-state index < -0.39 is 12.0 Å². The van der Waals surface area contributed by atoms with Gasteiger partial charge in [-0.2, -0.15) is 10.2 Å². The summed E-state index contributed by atoms with van der Waals surface area (Å²) < 4.78 is 5.28. The van der Waals surface area contributed by atoms with Crippen LogP contribution in [0.3, 0.4) is 0 Å². The molecule has 0 rings (SSSR count). The molecule has 0 amide bonds. The molecule has 0 saturated carbocycles. The Morgan fingerprint density at radius 3 is 2.73 bits per heavy atom. The summed E-state index contributed by atoms with van der Waals surface area (Å²) >= 11 is 0. The first kappa shape index (κ1) is 14.0. The van der Waals surface area contributed by atoms with E-state index in [1.165, 1.54) is 6.92 Å². The zero-order chi connectivity index (χ0) is 11.5. The second-order valence-electron chi connectivity index (χ2n) is 3.31. The molecule has 0 fully saturated rings. The van der Waals surface area contributed by atoms with Crippen molar-refractivity contribution in [3.63, 3.8) is 0 Å². The van der Waals surface area contributed by atoms with Crippen molar-refractivity contribution in [2.45, 2.75) is 39.2 Å². The summed E-state index contributed by atoms with van der Waals surface area (Å²) in [6, 6.07) is -0.735. The molecule has 0 bridgehead atoms. The van der Waals surface area contributed by atoms with E-state index >= 15 is 0 Å². The van der Waals surface area contributed by atoms with Gasteiger partial charge in [-0.05, 0) is 26.2 Å². The lowest BCUT2D eigenvalue weighted by Gasteiger charge is -2.00. The van der Waals surface area contributed by atoms with E-state index in [0.29, 0.717) is 6.54 Å². The molecule has 0 aromatic heterocycles. The molecule has 15 heavy (non-hydrogen) atoms. The lowest BCUT2D eigenvalue weighted by molar-refractivity contribution is -0.138. The highest BCUT2D eigenvalue weighted by Gasteiger charge is 2.07. The maximum Gasteiger partial charge on any atom is 0.330 e. The van der Waals surface area contributed by atoms with Gasteiger partial charge in [0.1, 0.15) is 0 Å². The number of unbranched alkanes of at least 4 members (excludes halogenated alkanes) is 1. The average molecular weight is 216 g/mol. The normalized spacial score (nSPS) is 13.2. The van der Waals surface area contributed by atoms with Crippen LogP contribution in [0.2, 0.25) is 0 Å². The minimum absolute atomic E-state index is 0.576. The summed E-state index contributed by atoms with van der Waals surface area (Å²) in [4.78, 5) is 10.4. The van der Waals surface area contributed by atoms with Gasteiger partial charge in [0.05, 0.1) is 6.54 Å². The van der Waals surface area contributed by atoms with Gasteiger partial charge in [0.25, 0.3) is 0 Å². The molecule has 0 saturated heterocycles. The molecule has 0 heterocycles. The smallest absolute Gasteiger partial charge is 0.330 e. The van der Waals surface area contributed by atoms with Crippen molar-refractivity contribution in [1.29, 1.82) is 0 Å². The summed E-state index contributed by atoms with van der Waals surface area (Å²) in [6.45, 7) is 5.71. The van der Waals surface area contributed by atoms with Crippen LogP contribution in [0.4, 0.5) is 0 Å². The average Bonchev–Trinajstić information content (AvgIpc) is 2.21. The van der Waals surface area contributed by atoms with E-state index in [-0.39, 0.29) is 0 Å². The topological polar surface area (TPSA) is 71.2 Å². The molecule has 5 nitrogen and oxygen atoms in total. The molecule has 0 radical (unpaired) electrons. The number of aliphatic carboxylic acids is 1. The predicted molar refractivity (Wildman–Crippen MR) is 57.2 cm³/mol. The van der Waals surface area contributed by atoms with Gasteiger partial charge in [0.2, 0.25) is 0 Å². The van der Waals surface area contributed by atoms with Gasteiger partial charge in [-0.1, -0.05) is 6.92 Å². The van der Waals surface area contributed by atoms with Crippen LogP contribution in [0.1, 0.15) is 33.1 Å². The number of carboxylic acid groups (broad SMARTS) is 1.